The number of methoxy groups -OCH3 is 1. The van der Waals surface area contributed by atoms with Crippen molar-refractivity contribution in [1.29, 1.82) is 0 Å². The van der Waals surface area contributed by atoms with Crippen LogP contribution < -0.4 is 10.1 Å². The Morgan fingerprint density at radius 1 is 1.03 bits per heavy atom. The van der Waals surface area contributed by atoms with Gasteiger partial charge >= 0.3 is 0 Å². The highest BCUT2D eigenvalue weighted by Gasteiger charge is 2.23. The van der Waals surface area contributed by atoms with Gasteiger partial charge in [0.15, 0.2) is 11.6 Å². The number of amides is 1. The van der Waals surface area contributed by atoms with Crippen molar-refractivity contribution < 1.29 is 18.7 Å². The smallest absolute Gasteiger partial charge is 0.258 e. The molecule has 0 saturated carbocycles. The van der Waals surface area contributed by atoms with E-state index in [4.69, 9.17) is 4.74 Å². The fourth-order valence-corrected chi connectivity index (χ4v) is 4.13. The largest absolute Gasteiger partial charge is 0.497 e. The van der Waals surface area contributed by atoms with Gasteiger partial charge in [0, 0.05) is 52.9 Å². The van der Waals surface area contributed by atoms with Crippen LogP contribution in [0.4, 0.5) is 10.1 Å². The summed E-state index contributed by atoms with van der Waals surface area (Å²) in [6.45, 7) is 1.39. The monoisotopic (exact) mass is 453 g/mol. The maximum Gasteiger partial charge on any atom is 0.258 e. The fraction of sp³-hybridized carbons (Fsp3) is 0.0741. The molecule has 5 aromatic rings. The summed E-state index contributed by atoms with van der Waals surface area (Å²) in [6.07, 6.45) is 6.61. The molecule has 0 bridgehead atoms. The number of hydrogen-bond acceptors (Lipinski definition) is 4. The first kappa shape index (κ1) is 21.3. The number of Topliss-reactive ketones (excluding diaryl/α,β-unsaturated/α-hetero) is 1. The van der Waals surface area contributed by atoms with E-state index >= 15 is 4.39 Å². The minimum Gasteiger partial charge on any atom is -0.497 e. The van der Waals surface area contributed by atoms with Gasteiger partial charge in [0.25, 0.3) is 5.91 Å². The Labute approximate surface area is 194 Å². The number of anilines is 1. The molecule has 34 heavy (non-hydrogen) atoms. The van der Waals surface area contributed by atoms with Crippen molar-refractivity contribution in [2.75, 3.05) is 12.4 Å². The van der Waals surface area contributed by atoms with E-state index in [9.17, 15) is 9.59 Å². The Kier molecular flexibility index (Phi) is 5.30. The van der Waals surface area contributed by atoms with Gasteiger partial charge in [-0.2, -0.15) is 0 Å². The lowest BCUT2D eigenvalue weighted by Gasteiger charge is -2.12. The quantitative estimate of drug-likeness (QED) is 0.344. The molecule has 0 unspecified atom stereocenters. The number of fused-ring (bicyclic) bond motifs is 2. The van der Waals surface area contributed by atoms with Gasteiger partial charge in [-0.25, -0.2) is 4.39 Å². The number of nitrogens with zero attached hydrogens (tertiary/aromatic N) is 2. The van der Waals surface area contributed by atoms with E-state index in [0.29, 0.717) is 22.4 Å². The van der Waals surface area contributed by atoms with Crippen LogP contribution in [0.1, 0.15) is 27.6 Å². The standard InChI is InChI=1S/C27H20FN3O3/c1-16(32)22-15-31-11-10-18(34-2)12-24(31)25(22)27(33)30-23-9-5-8-20(26(23)28)21-14-29-13-17-6-3-4-7-19(17)21/h3-15H,1-2H3,(H,30,33). The van der Waals surface area contributed by atoms with Gasteiger partial charge in [0.05, 0.1) is 23.9 Å². The van der Waals surface area contributed by atoms with Gasteiger partial charge in [0.2, 0.25) is 0 Å². The molecule has 0 aliphatic rings. The van der Waals surface area contributed by atoms with E-state index in [1.54, 1.807) is 53.5 Å². The molecule has 3 aromatic heterocycles. The first-order valence-electron chi connectivity index (χ1n) is 10.6. The second-order valence-corrected chi connectivity index (χ2v) is 7.86. The van der Waals surface area contributed by atoms with Crippen molar-refractivity contribution >= 4 is 33.7 Å². The average molecular weight is 453 g/mol. The van der Waals surface area contributed by atoms with Gasteiger partial charge in [-0.1, -0.05) is 36.4 Å². The zero-order valence-electron chi connectivity index (χ0n) is 18.5. The number of halogens is 1. The highest BCUT2D eigenvalue weighted by molar-refractivity contribution is 6.16. The van der Waals surface area contributed by atoms with E-state index < -0.39 is 11.7 Å². The van der Waals surface area contributed by atoms with Crippen LogP contribution in [0.2, 0.25) is 0 Å². The molecule has 5 rings (SSSR count). The number of carbonyl (C=O) groups excluding carboxylic acids is 2. The van der Waals surface area contributed by atoms with Crippen LogP contribution >= 0.6 is 0 Å². The van der Waals surface area contributed by atoms with Crippen molar-refractivity contribution in [3.63, 3.8) is 0 Å². The topological polar surface area (TPSA) is 72.7 Å². The minimum absolute atomic E-state index is 0.00665. The SMILES string of the molecule is COc1ccn2cc(C(C)=O)c(C(=O)Nc3cccc(-c4cncc5ccccc45)c3F)c2c1. The maximum atomic E-state index is 15.6. The zero-order valence-corrected chi connectivity index (χ0v) is 18.5. The third kappa shape index (κ3) is 3.57. The predicted octanol–water partition coefficient (Wildman–Crippen LogP) is 5.76. The number of ether oxygens (including phenoxy) is 1. The normalized spacial score (nSPS) is 11.0. The van der Waals surface area contributed by atoms with E-state index in [0.717, 1.165) is 10.8 Å². The molecule has 0 radical (unpaired) electrons. The van der Waals surface area contributed by atoms with Crippen molar-refractivity contribution in [1.82, 2.24) is 9.38 Å². The number of ketones is 1. The minimum atomic E-state index is -0.590. The molecule has 0 aliphatic carbocycles. The van der Waals surface area contributed by atoms with Crippen LogP contribution in [0.3, 0.4) is 0 Å². The second-order valence-electron chi connectivity index (χ2n) is 7.86. The fourth-order valence-electron chi connectivity index (χ4n) is 4.13. The summed E-state index contributed by atoms with van der Waals surface area (Å²) in [7, 11) is 1.52. The van der Waals surface area contributed by atoms with Gasteiger partial charge in [-0.3, -0.25) is 14.6 Å². The molecule has 0 saturated heterocycles. The van der Waals surface area contributed by atoms with Crippen molar-refractivity contribution in [2.24, 2.45) is 0 Å². The van der Waals surface area contributed by atoms with E-state index in [2.05, 4.69) is 10.3 Å². The molecule has 168 valence electrons. The number of carbonyl (C=O) groups is 2. The lowest BCUT2D eigenvalue weighted by Crippen LogP contribution is -2.16. The van der Waals surface area contributed by atoms with Gasteiger partial charge in [0.1, 0.15) is 5.75 Å². The van der Waals surface area contributed by atoms with Crippen LogP contribution in [0.25, 0.3) is 27.4 Å². The Bertz CT molecular complexity index is 1580. The van der Waals surface area contributed by atoms with Gasteiger partial charge in [-0.15, -0.1) is 0 Å². The number of nitrogens with one attached hydrogen (secondary N) is 1. The summed E-state index contributed by atoms with van der Waals surface area (Å²) in [5.41, 5.74) is 1.82. The Morgan fingerprint density at radius 2 is 1.85 bits per heavy atom. The Hall–Kier alpha value is -4.52. The summed E-state index contributed by atoms with van der Waals surface area (Å²) in [5.74, 6) is -0.914. The summed E-state index contributed by atoms with van der Waals surface area (Å²) < 4.78 is 22.6. The third-order valence-electron chi connectivity index (χ3n) is 5.80. The average Bonchev–Trinajstić information content (AvgIpc) is 3.24. The molecule has 7 heteroatoms. The predicted molar refractivity (Wildman–Crippen MR) is 129 cm³/mol. The number of aromatic nitrogens is 2. The molecule has 0 spiro atoms. The second kappa shape index (κ2) is 8.44. The van der Waals surface area contributed by atoms with Crippen molar-refractivity contribution in [2.45, 2.75) is 6.92 Å². The van der Waals surface area contributed by atoms with Crippen LogP contribution in [-0.2, 0) is 0 Å². The molecule has 0 atom stereocenters. The molecule has 3 heterocycles. The Balaban J connectivity index is 1.59. The maximum absolute atomic E-state index is 15.6. The lowest BCUT2D eigenvalue weighted by atomic mass is 10.00. The molecular formula is C27H20FN3O3. The number of benzene rings is 2. The van der Waals surface area contributed by atoms with Gasteiger partial charge in [-0.05, 0) is 24.4 Å². The zero-order chi connectivity index (χ0) is 23.8. The molecule has 6 nitrogen and oxygen atoms in total. The Morgan fingerprint density at radius 3 is 2.65 bits per heavy atom. The summed E-state index contributed by atoms with van der Waals surface area (Å²) in [4.78, 5) is 29.8. The lowest BCUT2D eigenvalue weighted by molar-refractivity contribution is 0.0987. The molecule has 1 N–H and O–H groups in total. The number of rotatable bonds is 5. The van der Waals surface area contributed by atoms with Crippen LogP contribution in [0.5, 0.6) is 5.75 Å². The first-order valence-corrected chi connectivity index (χ1v) is 10.6. The summed E-state index contributed by atoms with van der Waals surface area (Å²) in [5, 5.41) is 4.39. The highest BCUT2D eigenvalue weighted by Crippen LogP contribution is 2.33. The highest BCUT2D eigenvalue weighted by atomic mass is 19.1. The molecule has 2 aromatic carbocycles. The molecular weight excluding hydrogens is 433 g/mol. The third-order valence-corrected chi connectivity index (χ3v) is 5.80. The summed E-state index contributed by atoms with van der Waals surface area (Å²) >= 11 is 0. The van der Waals surface area contributed by atoms with E-state index in [1.165, 1.54) is 20.1 Å². The van der Waals surface area contributed by atoms with Crippen molar-refractivity contribution in [3.8, 4) is 16.9 Å². The summed E-state index contributed by atoms with van der Waals surface area (Å²) in [6, 6.07) is 15.8. The molecule has 0 fully saturated rings. The van der Waals surface area contributed by atoms with E-state index in [1.807, 2.05) is 24.3 Å². The molecule has 1 amide bonds. The van der Waals surface area contributed by atoms with E-state index in [-0.39, 0.29) is 22.6 Å². The number of pyridine rings is 2. The van der Waals surface area contributed by atoms with Gasteiger partial charge < -0.3 is 14.5 Å². The number of hydrogen-bond donors (Lipinski definition) is 1. The first-order chi connectivity index (χ1) is 16.5. The van der Waals surface area contributed by atoms with Crippen molar-refractivity contribution in [3.05, 3.63) is 96.3 Å². The van der Waals surface area contributed by atoms with Crippen LogP contribution in [0, 0.1) is 5.82 Å². The van der Waals surface area contributed by atoms with Crippen LogP contribution in [0.15, 0.2) is 79.4 Å². The van der Waals surface area contributed by atoms with Crippen LogP contribution in [-0.4, -0.2) is 28.2 Å². The molecule has 0 aliphatic heterocycles.